The van der Waals surface area contributed by atoms with Gasteiger partial charge < -0.3 is 9.64 Å². The van der Waals surface area contributed by atoms with Crippen LogP contribution in [0.3, 0.4) is 0 Å². The minimum atomic E-state index is 0.150. The number of ether oxygens (including phenoxy) is 1. The monoisotopic (exact) mass is 235 g/mol. The summed E-state index contributed by atoms with van der Waals surface area (Å²) in [5.74, 6) is 0.834. The molecule has 0 N–H and O–H groups in total. The van der Waals surface area contributed by atoms with Gasteiger partial charge in [-0.2, -0.15) is 0 Å². The highest BCUT2D eigenvalue weighted by molar-refractivity contribution is 5.32. The lowest BCUT2D eigenvalue weighted by Crippen LogP contribution is -2.35. The summed E-state index contributed by atoms with van der Waals surface area (Å²) in [6, 6.07) is 2.00. The van der Waals surface area contributed by atoms with E-state index < -0.39 is 0 Å². The third-order valence-corrected chi connectivity index (χ3v) is 2.87. The van der Waals surface area contributed by atoms with Crippen molar-refractivity contribution in [2.24, 2.45) is 5.41 Å². The largest absolute Gasteiger partial charge is 0.379 e. The fourth-order valence-electron chi connectivity index (χ4n) is 2.18. The molecular weight excluding hydrogens is 214 g/mol. The van der Waals surface area contributed by atoms with Crippen LogP contribution in [0.5, 0.6) is 0 Å². The van der Waals surface area contributed by atoms with Crippen molar-refractivity contribution < 1.29 is 4.74 Å². The van der Waals surface area contributed by atoms with E-state index >= 15 is 0 Å². The van der Waals surface area contributed by atoms with Crippen LogP contribution in [0.4, 0.5) is 5.95 Å². The third-order valence-electron chi connectivity index (χ3n) is 2.87. The van der Waals surface area contributed by atoms with E-state index in [1.54, 1.807) is 0 Å². The maximum absolute atomic E-state index is 5.62. The van der Waals surface area contributed by atoms with Crippen molar-refractivity contribution in [3.8, 4) is 0 Å². The van der Waals surface area contributed by atoms with Gasteiger partial charge in [0, 0.05) is 29.9 Å². The van der Waals surface area contributed by atoms with E-state index in [1.807, 2.05) is 19.9 Å². The Bertz CT molecular complexity index is 383. The normalized spacial score (nSPS) is 20.1. The molecule has 94 valence electrons. The molecule has 0 radical (unpaired) electrons. The minimum Gasteiger partial charge on any atom is -0.379 e. The number of aryl methyl sites for hydroxylation is 2. The molecule has 17 heavy (non-hydrogen) atoms. The molecule has 0 bridgehead atoms. The Morgan fingerprint density at radius 2 is 1.88 bits per heavy atom. The predicted octanol–water partition coefficient (Wildman–Crippen LogP) is 1.96. The summed E-state index contributed by atoms with van der Waals surface area (Å²) in [5, 5.41) is 0. The average Bonchev–Trinajstić information content (AvgIpc) is 2.37. The summed E-state index contributed by atoms with van der Waals surface area (Å²) in [6.45, 7) is 11.8. The highest BCUT2D eigenvalue weighted by Gasteiger charge is 2.26. The van der Waals surface area contributed by atoms with E-state index in [1.165, 1.54) is 0 Å². The van der Waals surface area contributed by atoms with E-state index in [-0.39, 0.29) is 5.41 Å². The Balaban J connectivity index is 2.25. The van der Waals surface area contributed by atoms with Gasteiger partial charge in [0.05, 0.1) is 13.2 Å². The first-order chi connectivity index (χ1) is 7.96. The van der Waals surface area contributed by atoms with Gasteiger partial charge in [-0.25, -0.2) is 9.97 Å². The Labute approximate surface area is 103 Å². The smallest absolute Gasteiger partial charge is 0.225 e. The Hall–Kier alpha value is -1.16. The quantitative estimate of drug-likeness (QED) is 0.746. The van der Waals surface area contributed by atoms with E-state index in [0.29, 0.717) is 0 Å². The third kappa shape index (κ3) is 3.16. The fourth-order valence-corrected chi connectivity index (χ4v) is 2.18. The van der Waals surface area contributed by atoms with Gasteiger partial charge in [-0.05, 0) is 19.9 Å². The molecule has 2 rings (SSSR count). The molecule has 1 aromatic rings. The van der Waals surface area contributed by atoms with Gasteiger partial charge in [0.25, 0.3) is 0 Å². The van der Waals surface area contributed by atoms with Gasteiger partial charge in [-0.15, -0.1) is 0 Å². The van der Waals surface area contributed by atoms with Gasteiger partial charge >= 0.3 is 0 Å². The first kappa shape index (κ1) is 12.3. The molecule has 1 aromatic heterocycles. The van der Waals surface area contributed by atoms with Gasteiger partial charge in [-0.1, -0.05) is 13.8 Å². The Morgan fingerprint density at radius 3 is 2.53 bits per heavy atom. The summed E-state index contributed by atoms with van der Waals surface area (Å²) in [7, 11) is 0. The molecule has 0 aliphatic carbocycles. The maximum Gasteiger partial charge on any atom is 0.225 e. The van der Waals surface area contributed by atoms with Crippen molar-refractivity contribution in [2.45, 2.75) is 27.7 Å². The van der Waals surface area contributed by atoms with E-state index in [9.17, 15) is 0 Å². The van der Waals surface area contributed by atoms with Crippen molar-refractivity contribution in [3.63, 3.8) is 0 Å². The summed E-state index contributed by atoms with van der Waals surface area (Å²) >= 11 is 0. The van der Waals surface area contributed by atoms with Crippen LogP contribution >= 0.6 is 0 Å². The zero-order valence-electron chi connectivity index (χ0n) is 11.2. The van der Waals surface area contributed by atoms with Gasteiger partial charge in [-0.3, -0.25) is 0 Å². The molecule has 2 heterocycles. The highest BCUT2D eigenvalue weighted by atomic mass is 16.5. The molecule has 1 fully saturated rings. The molecule has 0 spiro atoms. The molecule has 0 aromatic carbocycles. The molecule has 0 amide bonds. The van der Waals surface area contributed by atoms with Gasteiger partial charge in [0.2, 0.25) is 5.95 Å². The van der Waals surface area contributed by atoms with Crippen LogP contribution in [0.1, 0.15) is 25.2 Å². The number of aromatic nitrogens is 2. The van der Waals surface area contributed by atoms with Crippen LogP contribution in [0.25, 0.3) is 0 Å². The topological polar surface area (TPSA) is 38.2 Å². The molecule has 4 heteroatoms. The Morgan fingerprint density at radius 1 is 1.24 bits per heavy atom. The Kier molecular flexibility index (Phi) is 3.33. The number of hydrogen-bond donors (Lipinski definition) is 0. The van der Waals surface area contributed by atoms with Crippen LogP contribution < -0.4 is 4.90 Å². The van der Waals surface area contributed by atoms with Crippen molar-refractivity contribution in [1.29, 1.82) is 0 Å². The lowest BCUT2D eigenvalue weighted by atomic mass is 9.94. The molecular formula is C13H21N3O. The zero-order chi connectivity index (χ0) is 12.5. The van der Waals surface area contributed by atoms with Crippen LogP contribution in [-0.4, -0.2) is 36.3 Å². The fraction of sp³-hybridized carbons (Fsp3) is 0.692. The molecule has 0 unspecified atom stereocenters. The second-order valence-corrected chi connectivity index (χ2v) is 5.59. The summed E-state index contributed by atoms with van der Waals surface area (Å²) in [5.41, 5.74) is 2.20. The minimum absolute atomic E-state index is 0.150. The predicted molar refractivity (Wildman–Crippen MR) is 68.3 cm³/mol. The van der Waals surface area contributed by atoms with Gasteiger partial charge in [0.15, 0.2) is 0 Å². The van der Waals surface area contributed by atoms with Crippen LogP contribution in [0.15, 0.2) is 6.07 Å². The molecule has 0 saturated carbocycles. The number of anilines is 1. The molecule has 1 saturated heterocycles. The maximum atomic E-state index is 5.62. The lowest BCUT2D eigenvalue weighted by molar-refractivity contribution is 0.0893. The van der Waals surface area contributed by atoms with Crippen molar-refractivity contribution in [1.82, 2.24) is 9.97 Å². The van der Waals surface area contributed by atoms with E-state index in [4.69, 9.17) is 4.74 Å². The molecule has 1 aliphatic heterocycles. The first-order valence-corrected chi connectivity index (χ1v) is 6.11. The van der Waals surface area contributed by atoms with E-state index in [0.717, 1.165) is 43.6 Å². The van der Waals surface area contributed by atoms with Crippen LogP contribution in [0.2, 0.25) is 0 Å². The highest BCUT2D eigenvalue weighted by Crippen LogP contribution is 2.23. The standard InChI is InChI=1S/C13H21N3O/c1-10-7-11(2)15-12(14-10)16-5-6-17-9-13(3,4)8-16/h7H,5-6,8-9H2,1-4H3. The number of rotatable bonds is 1. The lowest BCUT2D eigenvalue weighted by Gasteiger charge is -2.28. The van der Waals surface area contributed by atoms with E-state index in [2.05, 4.69) is 28.7 Å². The number of hydrogen-bond acceptors (Lipinski definition) is 4. The summed E-state index contributed by atoms with van der Waals surface area (Å²) in [6.07, 6.45) is 0. The van der Waals surface area contributed by atoms with Crippen molar-refractivity contribution >= 4 is 5.95 Å². The number of nitrogens with zero attached hydrogens (tertiary/aromatic N) is 3. The average molecular weight is 235 g/mol. The summed E-state index contributed by atoms with van der Waals surface area (Å²) < 4.78 is 5.62. The van der Waals surface area contributed by atoms with Crippen LogP contribution in [0, 0.1) is 19.3 Å². The molecule has 0 atom stereocenters. The first-order valence-electron chi connectivity index (χ1n) is 6.11. The SMILES string of the molecule is Cc1cc(C)nc(N2CCOCC(C)(C)C2)n1. The zero-order valence-corrected chi connectivity index (χ0v) is 11.2. The van der Waals surface area contributed by atoms with Gasteiger partial charge in [0.1, 0.15) is 0 Å². The van der Waals surface area contributed by atoms with Crippen LogP contribution in [-0.2, 0) is 4.74 Å². The second-order valence-electron chi connectivity index (χ2n) is 5.59. The van der Waals surface area contributed by atoms with Crippen molar-refractivity contribution in [3.05, 3.63) is 17.5 Å². The summed E-state index contributed by atoms with van der Waals surface area (Å²) in [4.78, 5) is 11.3. The molecule has 4 nitrogen and oxygen atoms in total. The van der Waals surface area contributed by atoms with Crippen molar-refractivity contribution in [2.75, 3.05) is 31.2 Å². The molecule has 1 aliphatic rings. The second kappa shape index (κ2) is 4.61.